The highest BCUT2D eigenvalue weighted by Crippen LogP contribution is 2.23. The molecule has 23 heavy (non-hydrogen) atoms. The maximum Gasteiger partial charge on any atom is 0.220 e. The van der Waals surface area contributed by atoms with Gasteiger partial charge >= 0.3 is 0 Å². The number of nitrogens with zero attached hydrogens (tertiary/aromatic N) is 2. The van der Waals surface area contributed by atoms with Crippen molar-refractivity contribution in [2.45, 2.75) is 0 Å². The first kappa shape index (κ1) is 14.0. The van der Waals surface area contributed by atoms with Gasteiger partial charge in [0, 0.05) is 37.9 Å². The van der Waals surface area contributed by atoms with Gasteiger partial charge in [-0.25, -0.2) is 4.98 Å². The number of piperazine rings is 1. The van der Waals surface area contributed by atoms with Gasteiger partial charge in [0.15, 0.2) is 5.58 Å². The highest BCUT2D eigenvalue weighted by molar-refractivity contribution is 5.80. The number of hydrogen-bond donors (Lipinski definition) is 1. The summed E-state index contributed by atoms with van der Waals surface area (Å²) in [5, 5.41) is 3.37. The largest absolute Gasteiger partial charge is 0.437 e. The van der Waals surface area contributed by atoms with Gasteiger partial charge < -0.3 is 14.6 Å². The highest BCUT2D eigenvalue weighted by atomic mass is 16.3. The monoisotopic (exact) mass is 305 g/mol. The molecule has 4 rings (SSSR count). The molecule has 0 amide bonds. The molecule has 2 aromatic carbocycles. The molecule has 1 fully saturated rings. The molecule has 0 spiro atoms. The lowest BCUT2D eigenvalue weighted by molar-refractivity contribution is 0.587. The van der Waals surface area contributed by atoms with E-state index in [2.05, 4.69) is 39.5 Å². The average Bonchev–Trinajstić information content (AvgIpc) is 3.04. The minimum atomic E-state index is 0.640. The Balaban J connectivity index is 1.59. The lowest BCUT2D eigenvalue weighted by Gasteiger charge is -2.29. The van der Waals surface area contributed by atoms with Crippen LogP contribution < -0.4 is 10.2 Å². The van der Waals surface area contributed by atoms with Crippen molar-refractivity contribution >= 4 is 28.9 Å². The number of benzene rings is 2. The van der Waals surface area contributed by atoms with Crippen LogP contribution in [-0.4, -0.2) is 31.2 Å². The smallest absolute Gasteiger partial charge is 0.220 e. The number of oxazole rings is 1. The van der Waals surface area contributed by atoms with Crippen LogP contribution in [0, 0.1) is 0 Å². The van der Waals surface area contributed by atoms with Crippen molar-refractivity contribution in [1.82, 2.24) is 10.3 Å². The molecule has 1 aromatic heterocycles. The zero-order valence-corrected chi connectivity index (χ0v) is 12.9. The Morgan fingerprint density at radius 3 is 2.65 bits per heavy atom. The molecule has 0 bridgehead atoms. The third-order valence-electron chi connectivity index (χ3n) is 4.09. The van der Waals surface area contributed by atoms with Crippen LogP contribution >= 0.6 is 0 Å². The van der Waals surface area contributed by atoms with Crippen LogP contribution in [0.2, 0.25) is 0 Å². The molecule has 1 aliphatic rings. The second-order valence-corrected chi connectivity index (χ2v) is 5.69. The Morgan fingerprint density at radius 1 is 1.00 bits per heavy atom. The predicted octanol–water partition coefficient (Wildman–Crippen LogP) is 3.41. The van der Waals surface area contributed by atoms with E-state index in [4.69, 9.17) is 4.42 Å². The lowest BCUT2D eigenvalue weighted by atomic mass is 10.2. The van der Waals surface area contributed by atoms with E-state index in [1.54, 1.807) is 0 Å². The summed E-state index contributed by atoms with van der Waals surface area (Å²) in [7, 11) is 0. The predicted molar refractivity (Wildman–Crippen MR) is 94.5 cm³/mol. The van der Waals surface area contributed by atoms with Crippen LogP contribution in [-0.2, 0) is 0 Å². The molecule has 116 valence electrons. The molecule has 0 unspecified atom stereocenters. The Morgan fingerprint density at radius 2 is 1.83 bits per heavy atom. The van der Waals surface area contributed by atoms with Crippen LogP contribution in [0.15, 0.2) is 52.9 Å². The van der Waals surface area contributed by atoms with Gasteiger partial charge in [-0.3, -0.25) is 0 Å². The second-order valence-electron chi connectivity index (χ2n) is 5.69. The number of anilines is 1. The number of hydrogen-bond acceptors (Lipinski definition) is 4. The lowest BCUT2D eigenvalue weighted by Crippen LogP contribution is -2.43. The van der Waals surface area contributed by atoms with Gasteiger partial charge in [0.05, 0.1) is 0 Å². The molecule has 4 heteroatoms. The van der Waals surface area contributed by atoms with E-state index in [0.717, 1.165) is 42.8 Å². The van der Waals surface area contributed by atoms with E-state index < -0.39 is 0 Å². The summed E-state index contributed by atoms with van der Waals surface area (Å²) in [5.74, 6) is 0.640. The SMILES string of the molecule is C(=C\c1nc2cc(N3CCNCC3)ccc2o1)/c1ccccc1. The third kappa shape index (κ3) is 3.12. The molecular formula is C19H19N3O. The molecule has 0 aliphatic carbocycles. The molecular weight excluding hydrogens is 286 g/mol. The molecule has 1 N–H and O–H groups in total. The van der Waals surface area contributed by atoms with Crippen molar-refractivity contribution < 1.29 is 4.42 Å². The van der Waals surface area contributed by atoms with E-state index >= 15 is 0 Å². The molecule has 1 saturated heterocycles. The molecule has 0 radical (unpaired) electrons. The van der Waals surface area contributed by atoms with Crippen LogP contribution in [0.3, 0.4) is 0 Å². The zero-order chi connectivity index (χ0) is 15.5. The molecule has 4 nitrogen and oxygen atoms in total. The van der Waals surface area contributed by atoms with Crippen molar-refractivity contribution in [2.75, 3.05) is 31.1 Å². The molecule has 2 heterocycles. The van der Waals surface area contributed by atoms with E-state index in [9.17, 15) is 0 Å². The summed E-state index contributed by atoms with van der Waals surface area (Å²) < 4.78 is 5.80. The van der Waals surface area contributed by atoms with E-state index in [1.807, 2.05) is 36.4 Å². The second kappa shape index (κ2) is 6.26. The fourth-order valence-corrected chi connectivity index (χ4v) is 2.86. The van der Waals surface area contributed by atoms with Gasteiger partial charge in [-0.05, 0) is 29.8 Å². The van der Waals surface area contributed by atoms with Gasteiger partial charge in [-0.15, -0.1) is 0 Å². The molecule has 0 saturated carbocycles. The zero-order valence-electron chi connectivity index (χ0n) is 12.9. The van der Waals surface area contributed by atoms with Gasteiger partial charge in [0.25, 0.3) is 0 Å². The van der Waals surface area contributed by atoms with Crippen molar-refractivity contribution in [3.8, 4) is 0 Å². The highest BCUT2D eigenvalue weighted by Gasteiger charge is 2.12. The number of aromatic nitrogens is 1. The Hall–Kier alpha value is -2.59. The first-order valence-corrected chi connectivity index (χ1v) is 7.98. The maximum atomic E-state index is 5.80. The number of fused-ring (bicyclic) bond motifs is 1. The quantitative estimate of drug-likeness (QED) is 0.805. The van der Waals surface area contributed by atoms with Crippen LogP contribution in [0.4, 0.5) is 5.69 Å². The van der Waals surface area contributed by atoms with Crippen LogP contribution in [0.25, 0.3) is 23.3 Å². The minimum Gasteiger partial charge on any atom is -0.437 e. The average molecular weight is 305 g/mol. The van der Waals surface area contributed by atoms with Crippen molar-refractivity contribution in [2.24, 2.45) is 0 Å². The summed E-state index contributed by atoms with van der Waals surface area (Å²) in [6.07, 6.45) is 3.93. The van der Waals surface area contributed by atoms with Gasteiger partial charge in [-0.1, -0.05) is 30.3 Å². The number of rotatable bonds is 3. The molecule has 1 aliphatic heterocycles. The summed E-state index contributed by atoms with van der Waals surface area (Å²) in [6, 6.07) is 16.4. The van der Waals surface area contributed by atoms with E-state index in [-0.39, 0.29) is 0 Å². The van der Waals surface area contributed by atoms with Crippen molar-refractivity contribution in [3.63, 3.8) is 0 Å². The fourth-order valence-electron chi connectivity index (χ4n) is 2.86. The summed E-state index contributed by atoms with van der Waals surface area (Å²) in [6.45, 7) is 4.12. The molecule has 0 atom stereocenters. The standard InChI is InChI=1S/C19H19N3O/c1-2-4-15(5-3-1)6-9-19-21-17-14-16(7-8-18(17)23-19)22-12-10-20-11-13-22/h1-9,14,20H,10-13H2/b9-6+. The van der Waals surface area contributed by atoms with Crippen molar-refractivity contribution in [1.29, 1.82) is 0 Å². The summed E-state index contributed by atoms with van der Waals surface area (Å²) in [4.78, 5) is 6.97. The van der Waals surface area contributed by atoms with Gasteiger partial charge in [0.2, 0.25) is 5.89 Å². The Labute approximate surface area is 135 Å². The van der Waals surface area contributed by atoms with Gasteiger partial charge in [0.1, 0.15) is 5.52 Å². The first-order chi connectivity index (χ1) is 11.4. The van der Waals surface area contributed by atoms with Crippen molar-refractivity contribution in [3.05, 3.63) is 60.0 Å². The third-order valence-corrected chi connectivity index (χ3v) is 4.09. The van der Waals surface area contributed by atoms with Crippen LogP contribution in [0.5, 0.6) is 0 Å². The summed E-state index contributed by atoms with van der Waals surface area (Å²) in [5.41, 5.74) is 4.09. The summed E-state index contributed by atoms with van der Waals surface area (Å²) >= 11 is 0. The van der Waals surface area contributed by atoms with Crippen LogP contribution in [0.1, 0.15) is 11.5 Å². The Bertz CT molecular complexity index is 817. The van der Waals surface area contributed by atoms with Gasteiger partial charge in [-0.2, -0.15) is 0 Å². The fraction of sp³-hybridized carbons (Fsp3) is 0.211. The van der Waals surface area contributed by atoms with E-state index in [0.29, 0.717) is 5.89 Å². The topological polar surface area (TPSA) is 41.3 Å². The normalized spacial score (nSPS) is 15.6. The first-order valence-electron chi connectivity index (χ1n) is 7.98. The maximum absolute atomic E-state index is 5.80. The minimum absolute atomic E-state index is 0.640. The number of nitrogens with one attached hydrogen (secondary N) is 1. The molecule has 3 aromatic rings. The van der Waals surface area contributed by atoms with E-state index in [1.165, 1.54) is 5.69 Å². The Kier molecular flexibility index (Phi) is 3.82.